The summed E-state index contributed by atoms with van der Waals surface area (Å²) in [5.74, 6) is -0.326. The van der Waals surface area contributed by atoms with Crippen LogP contribution in [-0.4, -0.2) is 12.1 Å². The zero-order valence-corrected chi connectivity index (χ0v) is 10.3. The summed E-state index contributed by atoms with van der Waals surface area (Å²) in [5, 5.41) is 8.88. The van der Waals surface area contributed by atoms with Gasteiger partial charge in [0.15, 0.2) is 0 Å². The van der Waals surface area contributed by atoms with E-state index in [4.69, 9.17) is 5.26 Å². The molecule has 0 N–H and O–H groups in total. The summed E-state index contributed by atoms with van der Waals surface area (Å²) in [7, 11) is 0. The highest BCUT2D eigenvalue weighted by atomic mass is 19.1. The Balaban J connectivity index is 2.38. The molecule has 1 fully saturated rings. The van der Waals surface area contributed by atoms with Gasteiger partial charge in [0, 0.05) is 17.8 Å². The molecule has 2 nitrogen and oxygen atoms in total. The van der Waals surface area contributed by atoms with E-state index in [1.165, 1.54) is 12.1 Å². The van der Waals surface area contributed by atoms with E-state index in [1.54, 1.807) is 6.07 Å². The molecule has 2 atom stereocenters. The van der Waals surface area contributed by atoms with E-state index >= 15 is 0 Å². The number of nitrogens with zero attached hydrogens (tertiary/aromatic N) is 2. The van der Waals surface area contributed by atoms with Gasteiger partial charge in [0.2, 0.25) is 0 Å². The van der Waals surface area contributed by atoms with E-state index in [9.17, 15) is 4.39 Å². The predicted octanol–water partition coefficient (Wildman–Crippen LogP) is 3.46. The molecule has 0 saturated carbocycles. The Morgan fingerprint density at radius 2 is 2.18 bits per heavy atom. The summed E-state index contributed by atoms with van der Waals surface area (Å²) >= 11 is 0. The van der Waals surface area contributed by atoms with Gasteiger partial charge in [-0.05, 0) is 44.4 Å². The lowest BCUT2D eigenvalue weighted by Crippen LogP contribution is -2.34. The molecule has 1 aromatic rings. The highest BCUT2D eigenvalue weighted by Gasteiger charge is 2.29. The SMILES string of the molecule is CCC1CCC(C)N1c1cc(F)cc(C#N)c1. The molecule has 3 heteroatoms. The summed E-state index contributed by atoms with van der Waals surface area (Å²) < 4.78 is 13.4. The zero-order valence-electron chi connectivity index (χ0n) is 10.3. The first-order chi connectivity index (χ1) is 8.15. The molecule has 2 unspecified atom stereocenters. The quantitative estimate of drug-likeness (QED) is 0.780. The lowest BCUT2D eigenvalue weighted by molar-refractivity contribution is 0.610. The average Bonchev–Trinajstić information content (AvgIpc) is 2.69. The normalized spacial score (nSPS) is 23.8. The van der Waals surface area contributed by atoms with Crippen molar-refractivity contribution in [3.63, 3.8) is 0 Å². The molecular weight excluding hydrogens is 215 g/mol. The Morgan fingerprint density at radius 1 is 1.41 bits per heavy atom. The molecule has 0 radical (unpaired) electrons. The lowest BCUT2D eigenvalue weighted by Gasteiger charge is -2.30. The van der Waals surface area contributed by atoms with Crippen LogP contribution in [0.5, 0.6) is 0 Å². The van der Waals surface area contributed by atoms with Gasteiger partial charge in [-0.15, -0.1) is 0 Å². The summed E-state index contributed by atoms with van der Waals surface area (Å²) in [6.07, 6.45) is 3.34. The van der Waals surface area contributed by atoms with Gasteiger partial charge in [-0.3, -0.25) is 0 Å². The van der Waals surface area contributed by atoms with Crippen LogP contribution in [0.2, 0.25) is 0 Å². The average molecular weight is 232 g/mol. The molecular formula is C14H17FN2. The van der Waals surface area contributed by atoms with Gasteiger partial charge in [-0.1, -0.05) is 6.92 Å². The van der Waals surface area contributed by atoms with Crippen molar-refractivity contribution in [2.24, 2.45) is 0 Å². The van der Waals surface area contributed by atoms with Crippen molar-refractivity contribution in [1.82, 2.24) is 0 Å². The largest absolute Gasteiger partial charge is 0.366 e. The fraction of sp³-hybridized carbons (Fsp3) is 0.500. The van der Waals surface area contributed by atoms with Gasteiger partial charge in [0.25, 0.3) is 0 Å². The van der Waals surface area contributed by atoms with Crippen molar-refractivity contribution in [2.75, 3.05) is 4.90 Å². The number of rotatable bonds is 2. The van der Waals surface area contributed by atoms with Gasteiger partial charge in [-0.25, -0.2) is 4.39 Å². The van der Waals surface area contributed by atoms with Crippen LogP contribution in [0.1, 0.15) is 38.7 Å². The summed E-state index contributed by atoms with van der Waals surface area (Å²) in [4.78, 5) is 2.25. The third kappa shape index (κ3) is 2.26. The molecule has 2 rings (SSSR count). The Bertz CT molecular complexity index is 450. The summed E-state index contributed by atoms with van der Waals surface area (Å²) in [5.41, 5.74) is 1.24. The molecule has 0 spiro atoms. The fourth-order valence-electron chi connectivity index (χ4n) is 2.73. The van der Waals surface area contributed by atoms with Gasteiger partial charge >= 0.3 is 0 Å². The molecule has 17 heavy (non-hydrogen) atoms. The van der Waals surface area contributed by atoms with Crippen molar-refractivity contribution < 1.29 is 4.39 Å². The van der Waals surface area contributed by atoms with Gasteiger partial charge in [-0.2, -0.15) is 5.26 Å². The van der Waals surface area contributed by atoms with Crippen molar-refractivity contribution in [3.8, 4) is 6.07 Å². The minimum absolute atomic E-state index is 0.326. The minimum Gasteiger partial charge on any atom is -0.366 e. The van der Waals surface area contributed by atoms with Crippen LogP contribution < -0.4 is 4.90 Å². The van der Waals surface area contributed by atoms with Crippen molar-refractivity contribution in [1.29, 1.82) is 5.26 Å². The van der Waals surface area contributed by atoms with Crippen LogP contribution in [0, 0.1) is 17.1 Å². The first-order valence-electron chi connectivity index (χ1n) is 6.14. The third-order valence-corrected chi connectivity index (χ3v) is 3.57. The van der Waals surface area contributed by atoms with Crippen molar-refractivity contribution in [3.05, 3.63) is 29.6 Å². The second-order valence-electron chi connectivity index (χ2n) is 4.71. The maximum Gasteiger partial charge on any atom is 0.126 e. The summed E-state index contributed by atoms with van der Waals surface area (Å²) in [6, 6.07) is 7.51. The van der Waals surface area contributed by atoms with E-state index in [0.29, 0.717) is 17.6 Å². The number of halogens is 1. The Kier molecular flexibility index (Phi) is 3.33. The second-order valence-corrected chi connectivity index (χ2v) is 4.71. The van der Waals surface area contributed by atoms with E-state index < -0.39 is 0 Å². The zero-order chi connectivity index (χ0) is 12.4. The Morgan fingerprint density at radius 3 is 2.82 bits per heavy atom. The van der Waals surface area contributed by atoms with Crippen LogP contribution in [0.3, 0.4) is 0 Å². The van der Waals surface area contributed by atoms with Gasteiger partial charge in [0.1, 0.15) is 5.82 Å². The van der Waals surface area contributed by atoms with Gasteiger partial charge < -0.3 is 4.90 Å². The molecule has 1 aromatic carbocycles. The van der Waals surface area contributed by atoms with Crippen LogP contribution in [0.4, 0.5) is 10.1 Å². The molecule has 1 heterocycles. The molecule has 1 aliphatic rings. The number of benzene rings is 1. The maximum atomic E-state index is 13.4. The van der Waals surface area contributed by atoms with E-state index in [-0.39, 0.29) is 5.82 Å². The second kappa shape index (κ2) is 4.75. The topological polar surface area (TPSA) is 27.0 Å². The minimum atomic E-state index is -0.326. The first-order valence-corrected chi connectivity index (χ1v) is 6.14. The predicted molar refractivity (Wildman–Crippen MR) is 66.4 cm³/mol. The van der Waals surface area contributed by atoms with Crippen LogP contribution in [0.25, 0.3) is 0 Å². The van der Waals surface area contributed by atoms with E-state index in [1.807, 2.05) is 6.07 Å². The molecule has 0 aliphatic carbocycles. The molecule has 0 amide bonds. The highest BCUT2D eigenvalue weighted by Crippen LogP contribution is 2.32. The maximum absolute atomic E-state index is 13.4. The molecule has 0 aromatic heterocycles. The van der Waals surface area contributed by atoms with E-state index in [0.717, 1.165) is 24.9 Å². The van der Waals surface area contributed by atoms with Crippen LogP contribution in [0.15, 0.2) is 18.2 Å². The molecule has 0 bridgehead atoms. The van der Waals surface area contributed by atoms with Crippen molar-refractivity contribution >= 4 is 5.69 Å². The van der Waals surface area contributed by atoms with Crippen LogP contribution in [-0.2, 0) is 0 Å². The highest BCUT2D eigenvalue weighted by molar-refractivity contribution is 5.54. The smallest absolute Gasteiger partial charge is 0.126 e. The first kappa shape index (κ1) is 11.9. The molecule has 90 valence electrons. The summed E-state index contributed by atoms with van der Waals surface area (Å²) in [6.45, 7) is 4.31. The van der Waals surface area contributed by atoms with Crippen LogP contribution >= 0.6 is 0 Å². The monoisotopic (exact) mass is 232 g/mol. The Hall–Kier alpha value is -1.56. The number of nitriles is 1. The van der Waals surface area contributed by atoms with Crippen molar-refractivity contribution in [2.45, 2.75) is 45.2 Å². The third-order valence-electron chi connectivity index (χ3n) is 3.57. The number of hydrogen-bond acceptors (Lipinski definition) is 2. The standard InChI is InChI=1S/C14H17FN2/c1-3-13-5-4-10(2)17(13)14-7-11(9-16)6-12(15)8-14/h6-8,10,13H,3-5H2,1-2H3. The van der Waals surface area contributed by atoms with Gasteiger partial charge in [0.05, 0.1) is 11.6 Å². The molecule has 1 saturated heterocycles. The number of hydrogen-bond donors (Lipinski definition) is 0. The Labute approximate surface area is 102 Å². The lowest BCUT2D eigenvalue weighted by atomic mass is 10.1. The molecule has 1 aliphatic heterocycles. The number of anilines is 1. The fourth-order valence-corrected chi connectivity index (χ4v) is 2.73. The van der Waals surface area contributed by atoms with E-state index in [2.05, 4.69) is 18.7 Å².